The van der Waals surface area contributed by atoms with E-state index in [9.17, 15) is 17.8 Å². The summed E-state index contributed by atoms with van der Waals surface area (Å²) < 4.78 is 34.6. The summed E-state index contributed by atoms with van der Waals surface area (Å²) in [5.41, 5.74) is 2.63. The van der Waals surface area contributed by atoms with E-state index < -0.39 is 10.1 Å². The first-order chi connectivity index (χ1) is 12.4. The van der Waals surface area contributed by atoms with E-state index in [-0.39, 0.29) is 10.5 Å². The van der Waals surface area contributed by atoms with Crippen molar-refractivity contribution in [1.82, 2.24) is 9.38 Å². The Bertz CT molecular complexity index is 1530. The number of pyridine rings is 1. The Morgan fingerprint density at radius 3 is 2.54 bits per heavy atom. The fraction of sp³-hybridized carbons (Fsp3) is 0.0526. The van der Waals surface area contributed by atoms with Gasteiger partial charge in [0.1, 0.15) is 10.5 Å². The van der Waals surface area contributed by atoms with Gasteiger partial charge in [-0.2, -0.15) is 8.42 Å². The van der Waals surface area contributed by atoms with Crippen molar-refractivity contribution in [3.05, 3.63) is 64.4 Å². The molecule has 2 heterocycles. The first-order valence-corrected chi connectivity index (χ1v) is 9.37. The van der Waals surface area contributed by atoms with Crippen LogP contribution in [0.3, 0.4) is 0 Å². The number of fused-ring (bicyclic) bond motifs is 4. The Hall–Kier alpha value is -3.03. The van der Waals surface area contributed by atoms with E-state index in [0.29, 0.717) is 38.2 Å². The summed E-state index contributed by atoms with van der Waals surface area (Å²) in [4.78, 5) is 17.5. The van der Waals surface area contributed by atoms with Gasteiger partial charge in [-0.3, -0.25) is 13.7 Å². The third-order valence-electron chi connectivity index (χ3n) is 4.76. The van der Waals surface area contributed by atoms with Crippen molar-refractivity contribution in [1.29, 1.82) is 0 Å². The van der Waals surface area contributed by atoms with Crippen LogP contribution in [0, 0.1) is 6.92 Å². The molecular formula is C19H12N2O4S. The molecule has 0 aliphatic rings. The molecule has 0 unspecified atom stereocenters. The molecule has 5 aromatic rings. The van der Waals surface area contributed by atoms with Crippen molar-refractivity contribution < 1.29 is 13.0 Å². The van der Waals surface area contributed by atoms with Gasteiger partial charge in [0, 0.05) is 21.5 Å². The van der Waals surface area contributed by atoms with E-state index >= 15 is 0 Å². The number of rotatable bonds is 1. The minimum absolute atomic E-state index is 0.216. The molecule has 0 fully saturated rings. The molecule has 1 N–H and O–H groups in total. The van der Waals surface area contributed by atoms with Crippen molar-refractivity contribution in [2.75, 3.05) is 0 Å². The molecule has 6 nitrogen and oxygen atoms in total. The lowest BCUT2D eigenvalue weighted by molar-refractivity contribution is 0.484. The van der Waals surface area contributed by atoms with Gasteiger partial charge in [0.2, 0.25) is 0 Å². The molecule has 2 aromatic heterocycles. The summed E-state index contributed by atoms with van der Waals surface area (Å²) in [6.07, 6.45) is 0. The van der Waals surface area contributed by atoms with Gasteiger partial charge < -0.3 is 0 Å². The number of imidazole rings is 1. The maximum absolute atomic E-state index is 13.2. The highest BCUT2D eigenvalue weighted by atomic mass is 32.2. The van der Waals surface area contributed by atoms with E-state index in [0.717, 1.165) is 5.56 Å². The summed E-state index contributed by atoms with van der Waals surface area (Å²) in [5.74, 6) is 0. The van der Waals surface area contributed by atoms with E-state index in [1.54, 1.807) is 28.7 Å². The maximum atomic E-state index is 13.2. The van der Waals surface area contributed by atoms with Gasteiger partial charge in [0.15, 0.2) is 0 Å². The third kappa shape index (κ3) is 1.86. The molecule has 0 aliphatic carbocycles. The van der Waals surface area contributed by atoms with Crippen LogP contribution < -0.4 is 5.56 Å². The van der Waals surface area contributed by atoms with Crippen LogP contribution in [0.2, 0.25) is 0 Å². The van der Waals surface area contributed by atoms with Gasteiger partial charge in [-0.05, 0) is 42.8 Å². The lowest BCUT2D eigenvalue weighted by Crippen LogP contribution is -2.13. The number of nitrogens with zero attached hydrogens (tertiary/aromatic N) is 2. The molecule has 0 radical (unpaired) electrons. The van der Waals surface area contributed by atoms with Gasteiger partial charge in [-0.15, -0.1) is 0 Å². The standard InChI is InChI=1S/C19H12N2O4S/c1-10-5-7-14-15(9-10)21-18(20-14)12-6-8-16(26(23,24)25)11-3-2-4-13(17(11)12)19(21)22/h2-9H,1H3,(H,23,24,25). The van der Waals surface area contributed by atoms with Crippen LogP contribution in [0.25, 0.3) is 38.2 Å². The third-order valence-corrected chi connectivity index (χ3v) is 5.67. The minimum Gasteiger partial charge on any atom is -0.282 e. The van der Waals surface area contributed by atoms with Crippen molar-refractivity contribution >= 4 is 48.3 Å². The fourth-order valence-electron chi connectivity index (χ4n) is 3.66. The summed E-state index contributed by atoms with van der Waals surface area (Å²) >= 11 is 0. The van der Waals surface area contributed by atoms with Crippen molar-refractivity contribution in [2.24, 2.45) is 0 Å². The molecule has 5 rings (SSSR count). The molecule has 26 heavy (non-hydrogen) atoms. The molecule has 128 valence electrons. The van der Waals surface area contributed by atoms with E-state index in [2.05, 4.69) is 4.98 Å². The van der Waals surface area contributed by atoms with Crippen molar-refractivity contribution in [3.63, 3.8) is 0 Å². The Morgan fingerprint density at radius 2 is 1.77 bits per heavy atom. The zero-order valence-corrected chi connectivity index (χ0v) is 14.4. The fourth-order valence-corrected chi connectivity index (χ4v) is 4.35. The van der Waals surface area contributed by atoms with Crippen LogP contribution >= 0.6 is 0 Å². The normalized spacial score (nSPS) is 12.7. The minimum atomic E-state index is -4.41. The van der Waals surface area contributed by atoms with Gasteiger partial charge >= 0.3 is 0 Å². The second-order valence-corrected chi connectivity index (χ2v) is 7.77. The van der Waals surface area contributed by atoms with Gasteiger partial charge in [0.05, 0.1) is 11.0 Å². The van der Waals surface area contributed by atoms with Crippen molar-refractivity contribution in [2.45, 2.75) is 11.8 Å². The molecule has 0 amide bonds. The van der Waals surface area contributed by atoms with Crippen LogP contribution in [0.1, 0.15) is 5.56 Å². The number of hydrogen-bond acceptors (Lipinski definition) is 4. The molecule has 0 atom stereocenters. The molecule has 0 saturated carbocycles. The Kier molecular flexibility index (Phi) is 2.80. The molecular weight excluding hydrogens is 352 g/mol. The van der Waals surface area contributed by atoms with Crippen LogP contribution in [0.4, 0.5) is 0 Å². The quantitative estimate of drug-likeness (QED) is 0.462. The lowest BCUT2D eigenvalue weighted by atomic mass is 10.0. The molecule has 7 heteroatoms. The number of aryl methyl sites for hydroxylation is 1. The first-order valence-electron chi connectivity index (χ1n) is 7.93. The summed E-state index contributed by atoms with van der Waals surface area (Å²) in [5, 5.41) is 1.85. The molecule has 0 aliphatic heterocycles. The van der Waals surface area contributed by atoms with E-state index in [1.807, 2.05) is 25.1 Å². The van der Waals surface area contributed by atoms with E-state index in [4.69, 9.17) is 0 Å². The van der Waals surface area contributed by atoms with Crippen LogP contribution in [0.15, 0.2) is 58.2 Å². The zero-order valence-electron chi connectivity index (χ0n) is 13.6. The highest BCUT2D eigenvalue weighted by molar-refractivity contribution is 7.86. The number of benzene rings is 3. The predicted octanol–water partition coefficient (Wildman–Crippen LogP) is 3.15. The smallest absolute Gasteiger partial charge is 0.282 e. The van der Waals surface area contributed by atoms with Gasteiger partial charge in [-0.1, -0.05) is 18.2 Å². The lowest BCUT2D eigenvalue weighted by Gasteiger charge is -2.09. The average molecular weight is 364 g/mol. The molecule has 3 aromatic carbocycles. The summed E-state index contributed by atoms with van der Waals surface area (Å²) in [6.45, 7) is 1.94. The Labute approximate surface area is 147 Å². The van der Waals surface area contributed by atoms with E-state index in [1.165, 1.54) is 6.07 Å². The second kappa shape index (κ2) is 4.78. The Morgan fingerprint density at radius 1 is 1.00 bits per heavy atom. The summed E-state index contributed by atoms with van der Waals surface area (Å²) in [6, 6.07) is 13.5. The highest BCUT2D eigenvalue weighted by Gasteiger charge is 2.21. The highest BCUT2D eigenvalue weighted by Crippen LogP contribution is 2.33. The van der Waals surface area contributed by atoms with Crippen LogP contribution in [-0.2, 0) is 10.1 Å². The van der Waals surface area contributed by atoms with Crippen LogP contribution in [0.5, 0.6) is 0 Å². The van der Waals surface area contributed by atoms with Crippen LogP contribution in [-0.4, -0.2) is 22.4 Å². The Balaban J connectivity index is 2.15. The molecule has 0 bridgehead atoms. The maximum Gasteiger partial charge on any atom is 0.295 e. The molecule has 0 spiro atoms. The van der Waals surface area contributed by atoms with Gasteiger partial charge in [-0.25, -0.2) is 4.98 Å². The largest absolute Gasteiger partial charge is 0.295 e. The van der Waals surface area contributed by atoms with Crippen molar-refractivity contribution in [3.8, 4) is 0 Å². The monoisotopic (exact) mass is 364 g/mol. The zero-order chi connectivity index (χ0) is 18.2. The second-order valence-electron chi connectivity index (χ2n) is 6.38. The number of hydrogen-bond donors (Lipinski definition) is 1. The van der Waals surface area contributed by atoms with Gasteiger partial charge in [0.25, 0.3) is 15.7 Å². The first kappa shape index (κ1) is 15.2. The topological polar surface area (TPSA) is 88.7 Å². The summed E-state index contributed by atoms with van der Waals surface area (Å²) in [7, 11) is -4.41. The average Bonchev–Trinajstić information content (AvgIpc) is 2.97. The number of aromatic nitrogens is 2. The predicted molar refractivity (Wildman–Crippen MR) is 99.7 cm³/mol. The molecule has 0 saturated heterocycles. The SMILES string of the molecule is Cc1ccc2nc3c4ccc(S(=O)(=O)O)c5cccc(c(=O)n3c2c1)c54.